The zero-order valence-electron chi connectivity index (χ0n) is 20.0. The van der Waals surface area contributed by atoms with Crippen LogP contribution >= 0.6 is 11.3 Å². The number of hydrogen-bond acceptors (Lipinski definition) is 6. The molecule has 0 radical (unpaired) electrons. The number of ether oxygens (including phenoxy) is 3. The largest absolute Gasteiger partial charge is 0.493 e. The van der Waals surface area contributed by atoms with E-state index < -0.39 is 5.91 Å². The van der Waals surface area contributed by atoms with Crippen molar-refractivity contribution in [2.75, 3.05) is 26.6 Å². The van der Waals surface area contributed by atoms with E-state index in [9.17, 15) is 9.59 Å². The molecule has 5 aromatic rings. The van der Waals surface area contributed by atoms with Gasteiger partial charge in [-0.25, -0.2) is 0 Å². The molecule has 1 N–H and O–H groups in total. The van der Waals surface area contributed by atoms with Gasteiger partial charge in [0.2, 0.25) is 5.75 Å². The zero-order chi connectivity index (χ0) is 25.2. The number of hydrogen-bond donors (Lipinski definition) is 1. The van der Waals surface area contributed by atoms with Crippen molar-refractivity contribution < 1.29 is 19.0 Å². The van der Waals surface area contributed by atoms with Crippen LogP contribution in [0.25, 0.3) is 32.0 Å². The molecule has 1 amide bonds. The summed E-state index contributed by atoms with van der Waals surface area (Å²) < 4.78 is 17.0. The van der Waals surface area contributed by atoms with E-state index in [1.165, 1.54) is 32.7 Å². The Balaban J connectivity index is 1.70. The van der Waals surface area contributed by atoms with Crippen LogP contribution in [0.1, 0.15) is 10.4 Å². The molecule has 0 saturated heterocycles. The van der Waals surface area contributed by atoms with Crippen LogP contribution in [0, 0.1) is 0 Å². The lowest BCUT2D eigenvalue weighted by molar-refractivity contribution is 0.102. The highest BCUT2D eigenvalue weighted by Gasteiger charge is 2.21. The first-order valence-corrected chi connectivity index (χ1v) is 12.0. The van der Waals surface area contributed by atoms with E-state index in [4.69, 9.17) is 14.2 Å². The predicted molar refractivity (Wildman–Crippen MR) is 145 cm³/mol. The fourth-order valence-corrected chi connectivity index (χ4v) is 5.39. The van der Waals surface area contributed by atoms with Crippen LogP contribution < -0.4 is 25.0 Å². The predicted octanol–water partition coefficient (Wildman–Crippen LogP) is 6.36. The zero-order valence-corrected chi connectivity index (χ0v) is 20.8. The molecule has 0 aliphatic carbocycles. The maximum Gasteiger partial charge on any atom is 0.256 e. The van der Waals surface area contributed by atoms with Crippen molar-refractivity contribution in [1.82, 2.24) is 0 Å². The number of rotatable bonds is 6. The third-order valence-corrected chi connectivity index (χ3v) is 7.10. The number of benzene rings is 4. The van der Waals surface area contributed by atoms with Gasteiger partial charge in [0.05, 0.1) is 26.9 Å². The summed E-state index contributed by atoms with van der Waals surface area (Å²) in [6.45, 7) is 0. The number of carbonyl (C=O) groups is 1. The van der Waals surface area contributed by atoms with E-state index in [0.29, 0.717) is 38.8 Å². The first kappa shape index (κ1) is 23.4. The number of fused-ring (bicyclic) bond motifs is 2. The first-order chi connectivity index (χ1) is 17.5. The van der Waals surface area contributed by atoms with Crippen LogP contribution in [0.2, 0.25) is 0 Å². The second-order valence-electron chi connectivity index (χ2n) is 8.03. The molecule has 0 unspecified atom stereocenters. The van der Waals surface area contributed by atoms with Crippen LogP contribution in [0.15, 0.2) is 83.7 Å². The summed E-state index contributed by atoms with van der Waals surface area (Å²) in [5, 5.41) is 6.01. The molecular weight excluding hydrogens is 474 g/mol. The average molecular weight is 498 g/mol. The highest BCUT2D eigenvalue weighted by Crippen LogP contribution is 2.40. The highest BCUT2D eigenvalue weighted by atomic mass is 32.1. The molecule has 0 bridgehead atoms. The van der Waals surface area contributed by atoms with Gasteiger partial charge in [-0.3, -0.25) is 9.59 Å². The summed E-state index contributed by atoms with van der Waals surface area (Å²) in [6.07, 6.45) is 0. The minimum Gasteiger partial charge on any atom is -0.493 e. The minimum absolute atomic E-state index is 0.138. The van der Waals surface area contributed by atoms with Gasteiger partial charge in [0.15, 0.2) is 16.9 Å². The molecule has 6 nitrogen and oxygen atoms in total. The van der Waals surface area contributed by atoms with E-state index in [1.807, 2.05) is 66.7 Å². The maximum absolute atomic E-state index is 13.8. The minimum atomic E-state index is -0.401. The molecule has 36 heavy (non-hydrogen) atoms. The maximum atomic E-state index is 13.8. The summed E-state index contributed by atoms with van der Waals surface area (Å²) in [7, 11) is 4.49. The number of amides is 1. The van der Waals surface area contributed by atoms with Crippen molar-refractivity contribution in [2.24, 2.45) is 0 Å². The van der Waals surface area contributed by atoms with Gasteiger partial charge in [-0.05, 0) is 40.6 Å². The first-order valence-electron chi connectivity index (χ1n) is 11.2. The third kappa shape index (κ3) is 4.03. The molecular formula is C29H23NO5S. The summed E-state index contributed by atoms with van der Waals surface area (Å²) >= 11 is 1.36. The molecule has 1 heterocycles. The third-order valence-electron chi connectivity index (χ3n) is 6.01. The molecule has 5 rings (SSSR count). The van der Waals surface area contributed by atoms with Crippen LogP contribution in [0.5, 0.6) is 17.2 Å². The lowest BCUT2D eigenvalue weighted by Gasteiger charge is -2.16. The van der Waals surface area contributed by atoms with Crippen molar-refractivity contribution in [3.05, 3.63) is 94.6 Å². The molecule has 0 fully saturated rings. The molecule has 0 atom stereocenters. The smallest absolute Gasteiger partial charge is 0.256 e. The van der Waals surface area contributed by atoms with Gasteiger partial charge in [0, 0.05) is 15.6 Å². The molecule has 180 valence electrons. The van der Waals surface area contributed by atoms with Gasteiger partial charge in [-0.2, -0.15) is 0 Å². The fourth-order valence-electron chi connectivity index (χ4n) is 4.31. The Morgan fingerprint density at radius 3 is 2.11 bits per heavy atom. The number of anilines is 1. The topological polar surface area (TPSA) is 73.9 Å². The van der Waals surface area contributed by atoms with Crippen molar-refractivity contribution in [3.63, 3.8) is 0 Å². The Bertz CT molecular complexity index is 1640. The average Bonchev–Trinajstić information content (AvgIpc) is 2.92. The highest BCUT2D eigenvalue weighted by molar-refractivity contribution is 7.22. The number of nitrogens with one attached hydrogen (secondary N) is 1. The van der Waals surface area contributed by atoms with Crippen molar-refractivity contribution >= 4 is 43.1 Å². The van der Waals surface area contributed by atoms with Crippen LogP contribution in [-0.4, -0.2) is 27.2 Å². The van der Waals surface area contributed by atoms with Gasteiger partial charge in [0.1, 0.15) is 5.00 Å². The molecule has 0 saturated carbocycles. The van der Waals surface area contributed by atoms with Crippen LogP contribution in [0.3, 0.4) is 0 Å². The Labute approximate surface area is 211 Å². The van der Waals surface area contributed by atoms with Gasteiger partial charge < -0.3 is 19.5 Å². The van der Waals surface area contributed by atoms with Gasteiger partial charge >= 0.3 is 0 Å². The number of methoxy groups -OCH3 is 3. The van der Waals surface area contributed by atoms with E-state index in [0.717, 1.165) is 21.0 Å². The lowest BCUT2D eigenvalue weighted by Crippen LogP contribution is -2.16. The monoisotopic (exact) mass is 497 g/mol. The van der Waals surface area contributed by atoms with Crippen LogP contribution in [-0.2, 0) is 0 Å². The number of carbonyl (C=O) groups excluding carboxylic acids is 1. The summed E-state index contributed by atoms with van der Waals surface area (Å²) in [6, 6.07) is 24.3. The Kier molecular flexibility index (Phi) is 6.31. The molecule has 7 heteroatoms. The summed E-state index contributed by atoms with van der Waals surface area (Å²) in [4.78, 5) is 27.3. The van der Waals surface area contributed by atoms with Crippen molar-refractivity contribution in [2.45, 2.75) is 0 Å². The standard InChI is InChI=1S/C29H23NO5S/c1-33-22-15-18(16-23(34-2)27(22)35-3)28(32)30-29-25(26(31)21-12-6-7-14-24(21)36-29)20-13-8-10-17-9-4-5-11-19(17)20/h4-16H,1-3H3,(H,30,32). The second-order valence-corrected chi connectivity index (χ2v) is 9.08. The Morgan fingerprint density at radius 1 is 0.778 bits per heavy atom. The normalized spacial score (nSPS) is 10.9. The second kappa shape index (κ2) is 9.71. The van der Waals surface area contributed by atoms with E-state index >= 15 is 0 Å². The van der Waals surface area contributed by atoms with Gasteiger partial charge in [-0.1, -0.05) is 54.6 Å². The summed E-state index contributed by atoms with van der Waals surface area (Å²) in [5.41, 5.74) is 1.39. The van der Waals surface area contributed by atoms with Gasteiger partial charge in [0.25, 0.3) is 5.91 Å². The lowest BCUT2D eigenvalue weighted by atomic mass is 9.98. The molecule has 1 aromatic heterocycles. The molecule has 0 spiro atoms. The fraction of sp³-hybridized carbons (Fsp3) is 0.103. The van der Waals surface area contributed by atoms with Crippen molar-refractivity contribution in [1.29, 1.82) is 0 Å². The van der Waals surface area contributed by atoms with Crippen LogP contribution in [0.4, 0.5) is 5.00 Å². The summed E-state index contributed by atoms with van der Waals surface area (Å²) in [5.74, 6) is 0.718. The SMILES string of the molecule is COc1cc(C(=O)Nc2sc3ccccc3c(=O)c2-c2cccc3ccccc23)cc(OC)c1OC. The van der Waals surface area contributed by atoms with E-state index in [1.54, 1.807) is 12.1 Å². The quantitative estimate of drug-likeness (QED) is 0.296. The molecule has 0 aliphatic heterocycles. The Hall–Kier alpha value is -4.36. The molecule has 4 aromatic carbocycles. The van der Waals surface area contributed by atoms with E-state index in [-0.39, 0.29) is 5.43 Å². The molecule has 0 aliphatic rings. The Morgan fingerprint density at radius 2 is 1.42 bits per heavy atom. The van der Waals surface area contributed by atoms with Crippen molar-refractivity contribution in [3.8, 4) is 28.4 Å². The van der Waals surface area contributed by atoms with E-state index in [2.05, 4.69) is 5.32 Å². The van der Waals surface area contributed by atoms with Gasteiger partial charge in [-0.15, -0.1) is 11.3 Å².